The molecule has 1 saturated heterocycles. The summed E-state index contributed by atoms with van der Waals surface area (Å²) in [5.41, 5.74) is 0. The highest BCUT2D eigenvalue weighted by molar-refractivity contribution is 8.00. The van der Waals surface area contributed by atoms with Gasteiger partial charge in [0.15, 0.2) is 0 Å². The van der Waals surface area contributed by atoms with Gasteiger partial charge in [0.05, 0.1) is 11.3 Å². The van der Waals surface area contributed by atoms with Gasteiger partial charge in [-0.25, -0.2) is 0 Å². The van der Waals surface area contributed by atoms with Crippen molar-refractivity contribution >= 4 is 23.5 Å². The number of hydrogen-bond donors (Lipinski definition) is 2. The molecule has 6 heteroatoms. The minimum absolute atomic E-state index is 0.0593. The van der Waals surface area contributed by atoms with Crippen molar-refractivity contribution in [3.8, 4) is 0 Å². The van der Waals surface area contributed by atoms with Crippen molar-refractivity contribution in [2.75, 3.05) is 19.8 Å². The van der Waals surface area contributed by atoms with Crippen LogP contribution in [0.2, 0.25) is 0 Å². The second kappa shape index (κ2) is 5.65. The fraction of sp³-hybridized carbons (Fsp3) is 0.800. The van der Waals surface area contributed by atoms with Crippen LogP contribution in [0.25, 0.3) is 0 Å². The number of amides is 1. The molecule has 1 amide bonds. The van der Waals surface area contributed by atoms with E-state index in [0.717, 1.165) is 0 Å². The lowest BCUT2D eigenvalue weighted by atomic mass is 10.2. The second-order valence-corrected chi connectivity index (χ2v) is 5.18. The Kier molecular flexibility index (Phi) is 4.76. The molecule has 2 N–H and O–H groups in total. The number of Topliss-reactive ketones (excluding diaryl/α,β-unsaturated/α-hetero) is 1. The van der Waals surface area contributed by atoms with Crippen molar-refractivity contribution in [1.29, 1.82) is 0 Å². The highest BCUT2D eigenvalue weighted by Gasteiger charge is 2.36. The van der Waals surface area contributed by atoms with Gasteiger partial charge >= 0.3 is 0 Å². The molecule has 1 fully saturated rings. The molecule has 0 spiro atoms. The first-order valence-corrected chi connectivity index (χ1v) is 6.26. The van der Waals surface area contributed by atoms with Gasteiger partial charge < -0.3 is 15.3 Å². The first kappa shape index (κ1) is 13.5. The van der Waals surface area contributed by atoms with Crippen molar-refractivity contribution in [3.63, 3.8) is 0 Å². The van der Waals surface area contributed by atoms with Gasteiger partial charge in [-0.15, -0.1) is 11.8 Å². The number of carbonyl (C=O) groups excluding carboxylic acids is 2. The monoisotopic (exact) mass is 246 g/mol. The summed E-state index contributed by atoms with van der Waals surface area (Å²) in [6.45, 7) is 1.53. The third-order valence-corrected chi connectivity index (χ3v) is 4.12. The average molecular weight is 246 g/mol. The van der Waals surface area contributed by atoms with E-state index in [2.05, 4.69) is 5.32 Å². The van der Waals surface area contributed by atoms with E-state index in [1.165, 1.54) is 23.6 Å². The molecule has 16 heavy (non-hydrogen) atoms. The zero-order valence-electron chi connectivity index (χ0n) is 9.77. The Labute approximate surface area is 99.6 Å². The molecule has 0 aromatic heterocycles. The van der Waals surface area contributed by atoms with E-state index in [4.69, 9.17) is 0 Å². The first-order chi connectivity index (χ1) is 7.47. The van der Waals surface area contributed by atoms with Crippen molar-refractivity contribution in [2.24, 2.45) is 0 Å². The highest BCUT2D eigenvalue weighted by Crippen LogP contribution is 2.26. The van der Waals surface area contributed by atoms with Gasteiger partial charge in [-0.2, -0.15) is 0 Å². The number of hydrogen-bond acceptors (Lipinski definition) is 5. The van der Waals surface area contributed by atoms with Gasteiger partial charge in [0.25, 0.3) is 0 Å². The number of nitrogens with zero attached hydrogens (tertiary/aromatic N) is 1. The number of aliphatic hydroxyl groups excluding tert-OH is 1. The lowest BCUT2D eigenvalue weighted by molar-refractivity contribution is -0.130. The molecule has 1 heterocycles. The van der Waals surface area contributed by atoms with Crippen LogP contribution in [0.4, 0.5) is 0 Å². The van der Waals surface area contributed by atoms with E-state index in [1.807, 2.05) is 0 Å². The Balaban J connectivity index is 2.44. The number of likely N-dealkylation sites (N-methyl/N-ethyl adjacent to an activating group) is 1. The smallest absolute Gasteiger partial charge is 0.237 e. The number of ketones is 1. The van der Waals surface area contributed by atoms with Crippen LogP contribution in [0.3, 0.4) is 0 Å². The van der Waals surface area contributed by atoms with Gasteiger partial charge in [-0.05, 0) is 14.0 Å². The third-order valence-electron chi connectivity index (χ3n) is 2.80. The maximum Gasteiger partial charge on any atom is 0.237 e. The predicted octanol–water partition coefficient (Wildman–Crippen LogP) is -0.554. The van der Waals surface area contributed by atoms with Gasteiger partial charge in [-0.1, -0.05) is 0 Å². The standard InChI is InChI=1S/C10H18N2O3S/c1-6(13)7(11-2)5-16-8-4-9(14)12(3)10(8)15/h7-9,11,14H,4-5H2,1-3H3. The topological polar surface area (TPSA) is 69.6 Å². The number of nitrogens with one attached hydrogen (secondary N) is 1. The molecule has 1 aliphatic heterocycles. The molecule has 0 aromatic carbocycles. The minimum Gasteiger partial charge on any atom is -0.373 e. The molecular weight excluding hydrogens is 228 g/mol. The molecule has 0 radical (unpaired) electrons. The molecule has 5 nitrogen and oxygen atoms in total. The Bertz CT molecular complexity index is 285. The lowest BCUT2D eigenvalue weighted by Crippen LogP contribution is -2.36. The van der Waals surface area contributed by atoms with E-state index in [-0.39, 0.29) is 23.0 Å². The molecule has 0 bridgehead atoms. The van der Waals surface area contributed by atoms with Crippen LogP contribution in [-0.4, -0.2) is 59.1 Å². The predicted molar refractivity (Wildman–Crippen MR) is 63.2 cm³/mol. The third kappa shape index (κ3) is 2.96. The maximum atomic E-state index is 11.6. The Morgan fingerprint density at radius 2 is 2.38 bits per heavy atom. The normalized spacial score (nSPS) is 27.2. The quantitative estimate of drug-likeness (QED) is 0.681. The molecule has 1 rings (SSSR count). The Hall–Kier alpha value is -0.590. The van der Waals surface area contributed by atoms with Gasteiger partial charge in [-0.3, -0.25) is 9.59 Å². The highest BCUT2D eigenvalue weighted by atomic mass is 32.2. The number of likely N-dealkylation sites (tertiary alicyclic amines) is 1. The Morgan fingerprint density at radius 1 is 1.75 bits per heavy atom. The largest absolute Gasteiger partial charge is 0.373 e. The van der Waals surface area contributed by atoms with Crippen LogP contribution in [0.5, 0.6) is 0 Å². The molecule has 3 unspecified atom stereocenters. The minimum atomic E-state index is -0.685. The summed E-state index contributed by atoms with van der Waals surface area (Å²) < 4.78 is 0. The average Bonchev–Trinajstić information content (AvgIpc) is 2.47. The first-order valence-electron chi connectivity index (χ1n) is 5.21. The van der Waals surface area contributed by atoms with E-state index in [9.17, 15) is 14.7 Å². The fourth-order valence-corrected chi connectivity index (χ4v) is 3.02. The fourth-order valence-electron chi connectivity index (χ4n) is 1.58. The summed E-state index contributed by atoms with van der Waals surface area (Å²) in [4.78, 5) is 24.1. The van der Waals surface area contributed by atoms with Crippen molar-refractivity contribution in [2.45, 2.75) is 30.9 Å². The van der Waals surface area contributed by atoms with Crippen LogP contribution in [0.15, 0.2) is 0 Å². The van der Waals surface area contributed by atoms with E-state index in [0.29, 0.717) is 12.2 Å². The zero-order valence-corrected chi connectivity index (χ0v) is 10.6. The number of rotatable bonds is 5. The lowest BCUT2D eigenvalue weighted by Gasteiger charge is -2.15. The van der Waals surface area contributed by atoms with Crippen LogP contribution < -0.4 is 5.32 Å². The van der Waals surface area contributed by atoms with E-state index >= 15 is 0 Å². The number of thioether (sulfide) groups is 1. The molecule has 0 aliphatic carbocycles. The molecule has 92 valence electrons. The summed E-state index contributed by atoms with van der Waals surface area (Å²) in [5.74, 6) is 0.563. The van der Waals surface area contributed by atoms with Crippen molar-refractivity contribution in [1.82, 2.24) is 10.2 Å². The summed E-state index contributed by atoms with van der Waals surface area (Å²) in [7, 11) is 3.32. The van der Waals surface area contributed by atoms with Crippen molar-refractivity contribution < 1.29 is 14.7 Å². The summed E-state index contributed by atoms with van der Waals surface area (Å²) in [6, 6.07) is -0.221. The Morgan fingerprint density at radius 3 is 2.75 bits per heavy atom. The van der Waals surface area contributed by atoms with Crippen LogP contribution in [0, 0.1) is 0 Å². The van der Waals surface area contributed by atoms with Crippen LogP contribution in [-0.2, 0) is 9.59 Å². The molecule has 0 saturated carbocycles. The van der Waals surface area contributed by atoms with Crippen LogP contribution in [0.1, 0.15) is 13.3 Å². The molecule has 1 aliphatic rings. The number of aliphatic hydroxyl groups is 1. The van der Waals surface area contributed by atoms with Crippen molar-refractivity contribution in [3.05, 3.63) is 0 Å². The summed E-state index contributed by atoms with van der Waals surface area (Å²) >= 11 is 1.43. The van der Waals surface area contributed by atoms with E-state index in [1.54, 1.807) is 14.1 Å². The van der Waals surface area contributed by atoms with E-state index < -0.39 is 6.23 Å². The molecular formula is C10H18N2O3S. The maximum absolute atomic E-state index is 11.6. The second-order valence-electron chi connectivity index (χ2n) is 3.94. The zero-order chi connectivity index (χ0) is 12.3. The molecule has 3 atom stereocenters. The van der Waals surface area contributed by atoms with Crippen LogP contribution >= 0.6 is 11.8 Å². The van der Waals surface area contributed by atoms with Gasteiger partial charge in [0.2, 0.25) is 5.91 Å². The summed E-state index contributed by atoms with van der Waals surface area (Å²) in [5, 5.41) is 12.2. The SMILES string of the molecule is CNC(CSC1CC(O)N(C)C1=O)C(C)=O. The number of carbonyl (C=O) groups is 2. The summed E-state index contributed by atoms with van der Waals surface area (Å²) in [6.07, 6.45) is -0.246. The molecule has 0 aromatic rings. The van der Waals surface area contributed by atoms with Gasteiger partial charge in [0, 0.05) is 19.2 Å². The van der Waals surface area contributed by atoms with Gasteiger partial charge in [0.1, 0.15) is 12.0 Å².